The summed E-state index contributed by atoms with van der Waals surface area (Å²) in [6.07, 6.45) is 0.115. The highest BCUT2D eigenvalue weighted by atomic mass is 35.5. The van der Waals surface area contributed by atoms with Gasteiger partial charge in [0.15, 0.2) is 0 Å². The first-order valence-electron chi connectivity index (χ1n) is 4.91. The zero-order valence-electron chi connectivity index (χ0n) is 9.17. The lowest BCUT2D eigenvalue weighted by atomic mass is 9.92. The molecule has 0 bridgehead atoms. The fourth-order valence-corrected chi connectivity index (χ4v) is 2.17. The molecule has 1 rings (SSSR count). The maximum atomic E-state index is 10.6. The van der Waals surface area contributed by atoms with Crippen molar-refractivity contribution >= 4 is 17.6 Å². The van der Waals surface area contributed by atoms with Crippen LogP contribution in [0.4, 0.5) is 0 Å². The van der Waals surface area contributed by atoms with E-state index in [2.05, 4.69) is 0 Å². The molecule has 1 atom stereocenters. The van der Waals surface area contributed by atoms with Gasteiger partial charge in [-0.3, -0.25) is 4.79 Å². The molecule has 1 unspecified atom stereocenters. The SMILES string of the molecule is Cc1ccc(C)c(C(C)CC(=O)O)c1Cl. The molecule has 1 aromatic carbocycles. The second-order valence-corrected chi connectivity index (χ2v) is 4.30. The van der Waals surface area contributed by atoms with Gasteiger partial charge in [0.1, 0.15) is 0 Å². The number of carbonyl (C=O) groups is 1. The number of halogens is 1. The Bertz CT molecular complexity index is 385. The molecule has 0 aromatic heterocycles. The minimum absolute atomic E-state index is 0.0464. The number of rotatable bonds is 3. The van der Waals surface area contributed by atoms with Crippen LogP contribution in [0, 0.1) is 13.8 Å². The van der Waals surface area contributed by atoms with Gasteiger partial charge in [0, 0.05) is 5.02 Å². The van der Waals surface area contributed by atoms with Crippen LogP contribution in [0.15, 0.2) is 12.1 Å². The lowest BCUT2D eigenvalue weighted by Crippen LogP contribution is -2.05. The standard InChI is InChI=1S/C12H15ClO2/c1-7-4-5-8(2)12(13)11(7)9(3)6-10(14)15/h4-5,9H,6H2,1-3H3,(H,14,15). The Hall–Kier alpha value is -1.02. The van der Waals surface area contributed by atoms with Crippen molar-refractivity contribution in [2.75, 3.05) is 0 Å². The first kappa shape index (κ1) is 12.1. The lowest BCUT2D eigenvalue weighted by molar-refractivity contribution is -0.137. The van der Waals surface area contributed by atoms with Crippen LogP contribution in [-0.4, -0.2) is 11.1 Å². The summed E-state index contributed by atoms with van der Waals surface area (Å²) in [5.74, 6) is -0.839. The molecule has 0 aliphatic rings. The first-order chi connectivity index (χ1) is 6.93. The minimum Gasteiger partial charge on any atom is -0.481 e. The molecule has 2 nitrogen and oxygen atoms in total. The fourth-order valence-electron chi connectivity index (χ4n) is 1.77. The smallest absolute Gasteiger partial charge is 0.303 e. The third kappa shape index (κ3) is 2.72. The molecule has 0 saturated carbocycles. The molecule has 0 radical (unpaired) electrons. The van der Waals surface area contributed by atoms with E-state index in [4.69, 9.17) is 16.7 Å². The predicted molar refractivity (Wildman–Crippen MR) is 61.6 cm³/mol. The molecule has 0 heterocycles. The van der Waals surface area contributed by atoms with Gasteiger partial charge in [-0.05, 0) is 36.5 Å². The Morgan fingerprint density at radius 2 is 1.93 bits per heavy atom. The molecule has 0 aliphatic heterocycles. The van der Waals surface area contributed by atoms with Crippen LogP contribution in [0.2, 0.25) is 5.02 Å². The number of benzene rings is 1. The van der Waals surface area contributed by atoms with Gasteiger partial charge in [-0.15, -0.1) is 0 Å². The number of hydrogen-bond acceptors (Lipinski definition) is 1. The first-order valence-corrected chi connectivity index (χ1v) is 5.28. The van der Waals surface area contributed by atoms with E-state index in [0.29, 0.717) is 5.02 Å². The Kier molecular flexibility index (Phi) is 3.75. The second-order valence-electron chi connectivity index (χ2n) is 3.93. The summed E-state index contributed by atoms with van der Waals surface area (Å²) in [6.45, 7) is 5.78. The monoisotopic (exact) mass is 226 g/mol. The molecule has 0 saturated heterocycles. The molecule has 3 heteroatoms. The highest BCUT2D eigenvalue weighted by molar-refractivity contribution is 6.32. The van der Waals surface area contributed by atoms with Crippen molar-refractivity contribution in [2.45, 2.75) is 33.1 Å². The number of aryl methyl sites for hydroxylation is 2. The molecule has 0 aliphatic carbocycles. The van der Waals surface area contributed by atoms with Gasteiger partial charge in [0.05, 0.1) is 6.42 Å². The molecule has 1 N–H and O–H groups in total. The van der Waals surface area contributed by atoms with E-state index in [-0.39, 0.29) is 12.3 Å². The van der Waals surface area contributed by atoms with E-state index in [1.54, 1.807) is 0 Å². The van der Waals surface area contributed by atoms with Crippen molar-refractivity contribution in [3.63, 3.8) is 0 Å². The van der Waals surface area contributed by atoms with E-state index in [0.717, 1.165) is 16.7 Å². The average Bonchev–Trinajstić information content (AvgIpc) is 2.11. The number of carboxylic acid groups (broad SMARTS) is 1. The maximum Gasteiger partial charge on any atom is 0.303 e. The molecule has 0 amide bonds. The maximum absolute atomic E-state index is 10.6. The third-order valence-electron chi connectivity index (χ3n) is 2.56. The highest BCUT2D eigenvalue weighted by Gasteiger charge is 2.16. The van der Waals surface area contributed by atoms with Crippen molar-refractivity contribution in [3.8, 4) is 0 Å². The van der Waals surface area contributed by atoms with Crippen LogP contribution in [0.5, 0.6) is 0 Å². The van der Waals surface area contributed by atoms with E-state index in [9.17, 15) is 4.79 Å². The summed E-state index contributed by atoms with van der Waals surface area (Å²) in [5, 5.41) is 9.45. The molecular weight excluding hydrogens is 212 g/mol. The van der Waals surface area contributed by atoms with Crippen molar-refractivity contribution in [1.29, 1.82) is 0 Å². The quantitative estimate of drug-likeness (QED) is 0.856. The Balaban J connectivity index is 3.12. The van der Waals surface area contributed by atoms with E-state index in [1.165, 1.54) is 0 Å². The van der Waals surface area contributed by atoms with Gasteiger partial charge in [-0.2, -0.15) is 0 Å². The van der Waals surface area contributed by atoms with Crippen molar-refractivity contribution in [3.05, 3.63) is 33.8 Å². The van der Waals surface area contributed by atoms with E-state index in [1.807, 2.05) is 32.9 Å². The van der Waals surface area contributed by atoms with Gasteiger partial charge in [0.25, 0.3) is 0 Å². The summed E-state index contributed by atoms with van der Waals surface area (Å²) in [5.41, 5.74) is 3.01. The van der Waals surface area contributed by atoms with Gasteiger partial charge >= 0.3 is 5.97 Å². The zero-order valence-corrected chi connectivity index (χ0v) is 9.93. The summed E-state index contributed by atoms with van der Waals surface area (Å²) in [4.78, 5) is 10.6. The average molecular weight is 227 g/mol. The van der Waals surface area contributed by atoms with Gasteiger partial charge < -0.3 is 5.11 Å². The molecule has 1 aromatic rings. The van der Waals surface area contributed by atoms with E-state index < -0.39 is 5.97 Å². The Morgan fingerprint density at radius 3 is 2.47 bits per heavy atom. The molecule has 0 spiro atoms. The van der Waals surface area contributed by atoms with Crippen LogP contribution < -0.4 is 0 Å². The molecular formula is C12H15ClO2. The highest BCUT2D eigenvalue weighted by Crippen LogP contribution is 2.32. The second kappa shape index (κ2) is 4.67. The normalized spacial score (nSPS) is 12.5. The molecule has 82 valence electrons. The number of hydrogen-bond donors (Lipinski definition) is 1. The van der Waals surface area contributed by atoms with Crippen molar-refractivity contribution in [1.82, 2.24) is 0 Å². The van der Waals surface area contributed by atoms with Crippen LogP contribution in [0.1, 0.15) is 36.0 Å². The van der Waals surface area contributed by atoms with Crippen LogP contribution in [0.3, 0.4) is 0 Å². The largest absolute Gasteiger partial charge is 0.481 e. The Labute approximate surface area is 94.9 Å². The fraction of sp³-hybridized carbons (Fsp3) is 0.417. The summed E-state index contributed by atoms with van der Waals surface area (Å²) in [6, 6.07) is 3.93. The molecule has 0 fully saturated rings. The lowest BCUT2D eigenvalue weighted by Gasteiger charge is -2.16. The topological polar surface area (TPSA) is 37.3 Å². The van der Waals surface area contributed by atoms with Gasteiger partial charge in [0.2, 0.25) is 0 Å². The zero-order chi connectivity index (χ0) is 11.6. The summed E-state index contributed by atoms with van der Waals surface area (Å²) in [7, 11) is 0. The predicted octanol–water partition coefficient (Wildman–Crippen LogP) is 3.54. The van der Waals surface area contributed by atoms with E-state index >= 15 is 0 Å². The summed E-state index contributed by atoms with van der Waals surface area (Å²) >= 11 is 6.18. The van der Waals surface area contributed by atoms with Crippen LogP contribution in [-0.2, 0) is 4.79 Å². The van der Waals surface area contributed by atoms with Crippen LogP contribution >= 0.6 is 11.6 Å². The Morgan fingerprint density at radius 1 is 1.40 bits per heavy atom. The third-order valence-corrected chi connectivity index (χ3v) is 3.07. The van der Waals surface area contributed by atoms with Crippen molar-refractivity contribution < 1.29 is 9.90 Å². The van der Waals surface area contributed by atoms with Crippen molar-refractivity contribution in [2.24, 2.45) is 0 Å². The molecule has 15 heavy (non-hydrogen) atoms. The van der Waals surface area contributed by atoms with Crippen LogP contribution in [0.25, 0.3) is 0 Å². The van der Waals surface area contributed by atoms with Gasteiger partial charge in [-0.1, -0.05) is 30.7 Å². The van der Waals surface area contributed by atoms with Gasteiger partial charge in [-0.25, -0.2) is 0 Å². The minimum atomic E-state index is -0.792. The summed E-state index contributed by atoms with van der Waals surface area (Å²) < 4.78 is 0. The number of aliphatic carboxylic acids is 1. The number of carboxylic acids is 1.